The number of urea groups is 1. The van der Waals surface area contributed by atoms with Crippen LogP contribution in [0.15, 0.2) is 29.4 Å². The van der Waals surface area contributed by atoms with Crippen molar-refractivity contribution in [3.05, 3.63) is 30.1 Å². The van der Waals surface area contributed by atoms with Gasteiger partial charge in [0, 0.05) is 20.1 Å². The van der Waals surface area contributed by atoms with Crippen LogP contribution < -0.4 is 14.8 Å². The molecule has 0 aliphatic carbocycles. The summed E-state index contributed by atoms with van der Waals surface area (Å²) < 4.78 is 13.5. The Bertz CT molecular complexity index is 886. The lowest BCUT2D eigenvalue weighted by Crippen LogP contribution is -2.39. The first kappa shape index (κ1) is 17.7. The number of ether oxygens (including phenoxy) is 2. The van der Waals surface area contributed by atoms with Crippen LogP contribution >= 0.6 is 11.8 Å². The third kappa shape index (κ3) is 3.32. The fraction of sp³-hybridized carbons (Fsp3) is 0.412. The van der Waals surface area contributed by atoms with Gasteiger partial charge in [-0.05, 0) is 19.1 Å². The van der Waals surface area contributed by atoms with E-state index in [0.717, 1.165) is 0 Å². The lowest BCUT2D eigenvalue weighted by Gasteiger charge is -2.25. The zero-order chi connectivity index (χ0) is 19.0. The number of fused-ring (bicyclic) bond motifs is 1. The number of thioether (sulfide) groups is 1. The van der Waals surface area contributed by atoms with E-state index >= 15 is 0 Å². The Labute approximate surface area is 160 Å². The van der Waals surface area contributed by atoms with Gasteiger partial charge in [-0.15, -0.1) is 10.2 Å². The van der Waals surface area contributed by atoms with E-state index in [0.29, 0.717) is 42.2 Å². The van der Waals surface area contributed by atoms with E-state index in [1.165, 1.54) is 16.7 Å². The molecule has 1 aromatic carbocycles. The minimum Gasteiger partial charge on any atom is -0.485 e. The number of nitrogens with one attached hydrogen (secondary N) is 1. The standard InChI is InChI=1S/C17H19N5O4S/c1-10(15(23)22-8-7-18-16(22)24)27-17-20-19-14(21(17)2)13-9-25-11-5-3-4-6-12(11)26-13/h3-6,10,13H,7-9H2,1-2H3,(H,18,24)/t10-,13-/m0/s1. The van der Waals surface area contributed by atoms with Crippen molar-refractivity contribution in [1.82, 2.24) is 25.0 Å². The van der Waals surface area contributed by atoms with Crippen LogP contribution in [0, 0.1) is 0 Å². The highest BCUT2D eigenvalue weighted by atomic mass is 32.2. The van der Waals surface area contributed by atoms with Gasteiger partial charge in [0.15, 0.2) is 28.6 Å². The summed E-state index contributed by atoms with van der Waals surface area (Å²) in [6.45, 7) is 2.95. The Morgan fingerprint density at radius 2 is 2.11 bits per heavy atom. The molecule has 0 bridgehead atoms. The van der Waals surface area contributed by atoms with E-state index in [1.54, 1.807) is 11.5 Å². The van der Waals surface area contributed by atoms with Gasteiger partial charge in [0.25, 0.3) is 0 Å². The molecule has 2 aliphatic rings. The molecule has 142 valence electrons. The molecule has 1 aromatic heterocycles. The highest BCUT2D eigenvalue weighted by Crippen LogP contribution is 2.36. The number of hydrogen-bond donors (Lipinski definition) is 1. The van der Waals surface area contributed by atoms with Crippen LogP contribution in [0.1, 0.15) is 18.9 Å². The lowest BCUT2D eigenvalue weighted by atomic mass is 10.2. The highest BCUT2D eigenvalue weighted by molar-refractivity contribution is 8.00. The Morgan fingerprint density at radius 1 is 1.33 bits per heavy atom. The lowest BCUT2D eigenvalue weighted by molar-refractivity contribution is -0.126. The number of carbonyl (C=O) groups excluding carboxylic acids is 2. The van der Waals surface area contributed by atoms with Crippen LogP contribution in [0.4, 0.5) is 4.79 Å². The molecule has 9 nitrogen and oxygen atoms in total. The van der Waals surface area contributed by atoms with Gasteiger partial charge in [0.05, 0.1) is 5.25 Å². The molecule has 10 heteroatoms. The number of rotatable bonds is 4. The molecule has 3 amide bonds. The van der Waals surface area contributed by atoms with Crippen LogP contribution in [0.3, 0.4) is 0 Å². The summed E-state index contributed by atoms with van der Waals surface area (Å²) in [4.78, 5) is 25.4. The van der Waals surface area contributed by atoms with Crippen LogP contribution in [0.2, 0.25) is 0 Å². The van der Waals surface area contributed by atoms with Crippen molar-refractivity contribution < 1.29 is 19.1 Å². The minimum atomic E-state index is -0.464. The molecule has 0 unspecified atom stereocenters. The van der Waals surface area contributed by atoms with Gasteiger partial charge >= 0.3 is 6.03 Å². The van der Waals surface area contributed by atoms with Gasteiger partial charge in [0.1, 0.15) is 6.61 Å². The maximum Gasteiger partial charge on any atom is 0.324 e. The Balaban J connectivity index is 1.46. The van der Waals surface area contributed by atoms with Gasteiger partial charge in [-0.25, -0.2) is 4.79 Å². The molecule has 2 aromatic rings. The topological polar surface area (TPSA) is 98.6 Å². The third-order valence-corrected chi connectivity index (χ3v) is 5.54. The normalized spacial score (nSPS) is 19.7. The smallest absolute Gasteiger partial charge is 0.324 e. The summed E-state index contributed by atoms with van der Waals surface area (Å²) in [7, 11) is 1.82. The molecular formula is C17H19N5O4S. The first-order chi connectivity index (χ1) is 13.0. The van der Waals surface area contributed by atoms with Gasteiger partial charge < -0.3 is 19.4 Å². The van der Waals surface area contributed by atoms with Gasteiger partial charge in [-0.2, -0.15) is 0 Å². The van der Waals surface area contributed by atoms with Crippen LogP contribution in [-0.4, -0.2) is 56.5 Å². The number of benzene rings is 1. The summed E-state index contributed by atoms with van der Waals surface area (Å²) in [5.74, 6) is 1.74. The molecule has 4 rings (SSSR count). The first-order valence-electron chi connectivity index (χ1n) is 8.58. The fourth-order valence-electron chi connectivity index (χ4n) is 2.97. The molecule has 3 heterocycles. The van der Waals surface area contributed by atoms with Crippen LogP contribution in [-0.2, 0) is 11.8 Å². The Hall–Kier alpha value is -2.75. The van der Waals surface area contributed by atoms with Crippen molar-refractivity contribution in [3.63, 3.8) is 0 Å². The largest absolute Gasteiger partial charge is 0.485 e. The zero-order valence-electron chi connectivity index (χ0n) is 14.9. The fourth-order valence-corrected chi connectivity index (χ4v) is 3.85. The summed E-state index contributed by atoms with van der Waals surface area (Å²) in [6.07, 6.45) is -0.387. The van der Waals surface area contributed by atoms with Gasteiger partial charge in [-0.3, -0.25) is 9.69 Å². The quantitative estimate of drug-likeness (QED) is 0.789. The van der Waals surface area contributed by atoms with Crippen molar-refractivity contribution in [2.75, 3.05) is 19.7 Å². The number of carbonyl (C=O) groups is 2. The van der Waals surface area contributed by atoms with Crippen LogP contribution in [0.5, 0.6) is 11.5 Å². The Morgan fingerprint density at radius 3 is 2.85 bits per heavy atom. The average Bonchev–Trinajstić information content (AvgIpc) is 3.26. The molecular weight excluding hydrogens is 370 g/mol. The molecule has 0 radical (unpaired) electrons. The second-order valence-corrected chi connectivity index (χ2v) is 7.55. The molecule has 1 N–H and O–H groups in total. The molecule has 2 aliphatic heterocycles. The van der Waals surface area contributed by atoms with E-state index in [4.69, 9.17) is 9.47 Å². The van der Waals surface area contributed by atoms with Crippen molar-refractivity contribution >= 4 is 23.7 Å². The monoisotopic (exact) mass is 389 g/mol. The second-order valence-electron chi connectivity index (χ2n) is 6.25. The molecule has 0 spiro atoms. The van der Waals surface area contributed by atoms with Gasteiger partial charge in [0.2, 0.25) is 5.91 Å². The van der Waals surface area contributed by atoms with E-state index in [9.17, 15) is 9.59 Å². The van der Waals surface area contributed by atoms with Crippen molar-refractivity contribution in [3.8, 4) is 11.5 Å². The maximum absolute atomic E-state index is 12.5. The van der Waals surface area contributed by atoms with E-state index in [2.05, 4.69) is 15.5 Å². The summed E-state index contributed by atoms with van der Waals surface area (Å²) in [5, 5.41) is 11.1. The number of imide groups is 1. The SMILES string of the molecule is C[C@H](Sc1nnc([C@@H]2COc3ccccc3O2)n1C)C(=O)N1CCNC1=O. The number of aromatic nitrogens is 3. The number of para-hydroxylation sites is 2. The molecule has 0 saturated carbocycles. The minimum absolute atomic E-state index is 0.245. The average molecular weight is 389 g/mol. The van der Waals surface area contributed by atoms with E-state index in [1.807, 2.05) is 31.3 Å². The zero-order valence-corrected chi connectivity index (χ0v) is 15.7. The molecule has 2 atom stereocenters. The number of hydrogen-bond acceptors (Lipinski definition) is 7. The summed E-state index contributed by atoms with van der Waals surface area (Å²) >= 11 is 1.26. The van der Waals surface area contributed by atoms with Crippen LogP contribution in [0.25, 0.3) is 0 Å². The van der Waals surface area contributed by atoms with E-state index in [-0.39, 0.29) is 18.0 Å². The molecule has 27 heavy (non-hydrogen) atoms. The predicted octanol–water partition coefficient (Wildman–Crippen LogP) is 1.36. The third-order valence-electron chi connectivity index (χ3n) is 4.42. The summed E-state index contributed by atoms with van der Waals surface area (Å²) in [5.41, 5.74) is 0. The first-order valence-corrected chi connectivity index (χ1v) is 9.46. The van der Waals surface area contributed by atoms with Crippen molar-refractivity contribution in [2.45, 2.75) is 23.4 Å². The highest BCUT2D eigenvalue weighted by Gasteiger charge is 2.32. The van der Waals surface area contributed by atoms with Crippen molar-refractivity contribution in [1.29, 1.82) is 0 Å². The molecule has 1 saturated heterocycles. The van der Waals surface area contributed by atoms with E-state index < -0.39 is 5.25 Å². The number of amides is 3. The Kier molecular flexibility index (Phi) is 4.65. The van der Waals surface area contributed by atoms with Gasteiger partial charge in [-0.1, -0.05) is 23.9 Å². The summed E-state index contributed by atoms with van der Waals surface area (Å²) in [6, 6.07) is 7.11. The second kappa shape index (κ2) is 7.10. The molecule has 1 fully saturated rings. The van der Waals surface area contributed by atoms with Crippen molar-refractivity contribution in [2.24, 2.45) is 7.05 Å². The predicted molar refractivity (Wildman–Crippen MR) is 96.7 cm³/mol. The number of nitrogens with zero attached hydrogens (tertiary/aromatic N) is 4. The maximum atomic E-state index is 12.5.